The van der Waals surface area contributed by atoms with Crippen molar-refractivity contribution in [3.8, 4) is 0 Å². The van der Waals surface area contributed by atoms with Crippen molar-refractivity contribution in [2.45, 2.75) is 31.3 Å². The van der Waals surface area contributed by atoms with Gasteiger partial charge in [-0.2, -0.15) is 0 Å². The zero-order valence-corrected chi connectivity index (χ0v) is 16.0. The smallest absolute Gasteiger partial charge is 0.322 e. The second-order valence-corrected chi connectivity index (χ2v) is 7.99. The number of halogens is 1. The van der Waals surface area contributed by atoms with E-state index in [1.807, 2.05) is 18.2 Å². The summed E-state index contributed by atoms with van der Waals surface area (Å²) >= 11 is 6.18. The Kier molecular flexibility index (Phi) is 4.74. The van der Waals surface area contributed by atoms with E-state index in [4.69, 9.17) is 11.6 Å². The zero-order chi connectivity index (χ0) is 19.9. The topological polar surface area (TPSA) is 98.8 Å². The minimum atomic E-state index is -0.907. The first-order valence-electron chi connectivity index (χ1n) is 9.31. The highest BCUT2D eigenvalue weighted by Gasteiger charge is 2.49. The fourth-order valence-corrected chi connectivity index (χ4v) is 4.37. The van der Waals surface area contributed by atoms with Crippen molar-refractivity contribution < 1.29 is 19.2 Å². The molecule has 3 fully saturated rings. The second kappa shape index (κ2) is 7.09. The number of benzene rings is 1. The van der Waals surface area contributed by atoms with E-state index in [1.165, 1.54) is 0 Å². The monoisotopic (exact) mass is 404 g/mol. The Morgan fingerprint density at radius 3 is 2.54 bits per heavy atom. The van der Waals surface area contributed by atoms with Crippen LogP contribution in [0, 0.1) is 5.92 Å². The fraction of sp³-hybridized carbons (Fsp3) is 0.474. The molecule has 9 heteroatoms. The van der Waals surface area contributed by atoms with Crippen molar-refractivity contribution >= 4 is 35.4 Å². The van der Waals surface area contributed by atoms with Crippen molar-refractivity contribution in [1.29, 1.82) is 0 Å². The van der Waals surface area contributed by atoms with E-state index in [-0.39, 0.29) is 24.1 Å². The Morgan fingerprint density at radius 1 is 1.18 bits per heavy atom. The standard InChI is InChI=1S/C19H21ClN4O4/c20-14-4-2-1-3-12(14)10-24-11-13(9-15(24)25)16(26)23-7-5-19(6-8-23)17(27)21-18(28)22-19/h1-4,13H,5-11H2,(H2,21,22,27,28). The predicted octanol–water partition coefficient (Wildman–Crippen LogP) is 0.889. The molecule has 3 heterocycles. The molecule has 4 rings (SSSR count). The van der Waals surface area contributed by atoms with Crippen LogP contribution in [0.5, 0.6) is 0 Å². The maximum Gasteiger partial charge on any atom is 0.322 e. The Bertz CT molecular complexity index is 850. The van der Waals surface area contributed by atoms with Crippen LogP contribution in [0.4, 0.5) is 4.79 Å². The van der Waals surface area contributed by atoms with Gasteiger partial charge in [-0.25, -0.2) is 4.79 Å². The normalized spacial score (nSPS) is 23.9. The van der Waals surface area contributed by atoms with Crippen LogP contribution in [-0.4, -0.2) is 58.7 Å². The molecule has 8 nitrogen and oxygen atoms in total. The summed E-state index contributed by atoms with van der Waals surface area (Å²) < 4.78 is 0. The summed E-state index contributed by atoms with van der Waals surface area (Å²) in [5.74, 6) is -0.855. The molecule has 28 heavy (non-hydrogen) atoms. The molecule has 2 N–H and O–H groups in total. The molecule has 3 saturated heterocycles. The van der Waals surface area contributed by atoms with Crippen LogP contribution in [0.15, 0.2) is 24.3 Å². The van der Waals surface area contributed by atoms with Crippen LogP contribution in [-0.2, 0) is 20.9 Å². The quantitative estimate of drug-likeness (QED) is 0.731. The molecule has 0 radical (unpaired) electrons. The molecule has 1 aromatic carbocycles. The fourth-order valence-electron chi connectivity index (χ4n) is 4.17. The highest BCUT2D eigenvalue weighted by Crippen LogP contribution is 2.29. The Labute approximate surface area is 167 Å². The average molecular weight is 405 g/mol. The number of nitrogens with zero attached hydrogens (tertiary/aromatic N) is 2. The molecule has 148 valence electrons. The molecule has 5 amide bonds. The average Bonchev–Trinajstić information content (AvgIpc) is 3.16. The van der Waals surface area contributed by atoms with Crippen LogP contribution in [0.2, 0.25) is 5.02 Å². The van der Waals surface area contributed by atoms with Gasteiger partial charge in [0.15, 0.2) is 0 Å². The van der Waals surface area contributed by atoms with Crippen molar-refractivity contribution in [3.05, 3.63) is 34.9 Å². The number of nitrogens with one attached hydrogen (secondary N) is 2. The maximum atomic E-state index is 12.9. The van der Waals surface area contributed by atoms with Crippen LogP contribution >= 0.6 is 11.6 Å². The minimum Gasteiger partial charge on any atom is -0.342 e. The third-order valence-corrected chi connectivity index (χ3v) is 6.19. The maximum absolute atomic E-state index is 12.9. The van der Waals surface area contributed by atoms with E-state index in [0.29, 0.717) is 44.0 Å². The van der Waals surface area contributed by atoms with Crippen molar-refractivity contribution in [1.82, 2.24) is 20.4 Å². The SMILES string of the molecule is O=C1NC(=O)C2(CCN(C(=O)C3CC(=O)N(Cc4ccccc4Cl)C3)CC2)N1. The zero-order valence-electron chi connectivity index (χ0n) is 15.2. The van der Waals surface area contributed by atoms with Crippen LogP contribution in [0.3, 0.4) is 0 Å². The number of hydrogen-bond acceptors (Lipinski definition) is 4. The van der Waals surface area contributed by atoms with Gasteiger partial charge in [-0.3, -0.25) is 19.7 Å². The first kappa shape index (κ1) is 18.7. The summed E-state index contributed by atoms with van der Waals surface area (Å²) in [6, 6.07) is 6.87. The summed E-state index contributed by atoms with van der Waals surface area (Å²) in [4.78, 5) is 52.1. The molecule has 0 aromatic heterocycles. The third kappa shape index (κ3) is 3.32. The van der Waals surface area contributed by atoms with Gasteiger partial charge in [0.1, 0.15) is 5.54 Å². The molecule has 3 aliphatic heterocycles. The number of amides is 5. The van der Waals surface area contributed by atoms with Gasteiger partial charge < -0.3 is 15.1 Å². The Hall–Kier alpha value is -2.61. The number of rotatable bonds is 3. The number of imide groups is 1. The first-order chi connectivity index (χ1) is 13.4. The number of urea groups is 1. The predicted molar refractivity (Wildman–Crippen MR) is 100 cm³/mol. The molecular formula is C19H21ClN4O4. The van der Waals surface area contributed by atoms with Crippen LogP contribution < -0.4 is 10.6 Å². The molecule has 0 bridgehead atoms. The van der Waals surface area contributed by atoms with E-state index in [9.17, 15) is 19.2 Å². The molecule has 1 spiro atoms. The number of likely N-dealkylation sites (tertiary alicyclic amines) is 2. The van der Waals surface area contributed by atoms with Crippen molar-refractivity contribution in [2.75, 3.05) is 19.6 Å². The van der Waals surface area contributed by atoms with Gasteiger partial charge in [-0.1, -0.05) is 29.8 Å². The molecule has 1 atom stereocenters. The molecule has 3 aliphatic rings. The van der Waals surface area contributed by atoms with Crippen molar-refractivity contribution in [3.63, 3.8) is 0 Å². The molecular weight excluding hydrogens is 384 g/mol. The Morgan fingerprint density at radius 2 is 1.89 bits per heavy atom. The third-order valence-electron chi connectivity index (χ3n) is 5.83. The lowest BCUT2D eigenvalue weighted by atomic mass is 9.87. The molecule has 1 unspecified atom stereocenters. The number of carbonyl (C=O) groups excluding carboxylic acids is 4. The largest absolute Gasteiger partial charge is 0.342 e. The van der Waals surface area contributed by atoms with Gasteiger partial charge in [0.05, 0.1) is 5.92 Å². The van der Waals surface area contributed by atoms with E-state index in [2.05, 4.69) is 10.6 Å². The molecule has 0 saturated carbocycles. The summed E-state index contributed by atoms with van der Waals surface area (Å²) in [7, 11) is 0. The summed E-state index contributed by atoms with van der Waals surface area (Å²) in [6.07, 6.45) is 0.933. The van der Waals surface area contributed by atoms with Crippen molar-refractivity contribution in [2.24, 2.45) is 5.92 Å². The molecule has 0 aliphatic carbocycles. The lowest BCUT2D eigenvalue weighted by Gasteiger charge is -2.37. The van der Waals surface area contributed by atoms with Gasteiger partial charge in [0.25, 0.3) is 5.91 Å². The van der Waals surface area contributed by atoms with E-state index < -0.39 is 17.5 Å². The van der Waals surface area contributed by atoms with E-state index in [1.54, 1.807) is 15.9 Å². The summed E-state index contributed by atoms with van der Waals surface area (Å²) in [6.45, 7) is 1.50. The van der Waals surface area contributed by atoms with Gasteiger partial charge in [-0.15, -0.1) is 0 Å². The number of piperidine rings is 1. The highest BCUT2D eigenvalue weighted by atomic mass is 35.5. The van der Waals surface area contributed by atoms with E-state index in [0.717, 1.165) is 5.56 Å². The van der Waals surface area contributed by atoms with Gasteiger partial charge in [0, 0.05) is 37.6 Å². The summed E-state index contributed by atoms with van der Waals surface area (Å²) in [5, 5.41) is 5.54. The second-order valence-electron chi connectivity index (χ2n) is 7.58. The van der Waals surface area contributed by atoms with Gasteiger partial charge in [0.2, 0.25) is 11.8 Å². The van der Waals surface area contributed by atoms with E-state index >= 15 is 0 Å². The summed E-state index contributed by atoms with van der Waals surface area (Å²) in [5.41, 5.74) is -0.0522. The van der Waals surface area contributed by atoms with Gasteiger partial charge >= 0.3 is 6.03 Å². The first-order valence-corrected chi connectivity index (χ1v) is 9.69. The highest BCUT2D eigenvalue weighted by molar-refractivity contribution is 6.31. The van der Waals surface area contributed by atoms with Crippen LogP contribution in [0.1, 0.15) is 24.8 Å². The number of carbonyl (C=O) groups is 4. The Balaban J connectivity index is 1.36. The van der Waals surface area contributed by atoms with Gasteiger partial charge in [-0.05, 0) is 24.5 Å². The van der Waals surface area contributed by atoms with Crippen LogP contribution in [0.25, 0.3) is 0 Å². The number of hydrogen-bond donors (Lipinski definition) is 2. The minimum absolute atomic E-state index is 0.0609. The molecule has 1 aromatic rings. The lowest BCUT2D eigenvalue weighted by molar-refractivity contribution is -0.139. The lowest BCUT2D eigenvalue weighted by Crippen LogP contribution is -2.56.